The Balaban J connectivity index is 1.69. The monoisotopic (exact) mass is 369 g/mol. The van der Waals surface area contributed by atoms with Gasteiger partial charge in [0.05, 0.1) is 0 Å². The fraction of sp³-hybridized carbons (Fsp3) is 0.400. The fourth-order valence-corrected chi connectivity index (χ4v) is 5.69. The number of amidine groups is 1. The molecule has 1 aromatic carbocycles. The molecule has 3 heterocycles. The molecule has 0 bridgehead atoms. The molecule has 134 valence electrons. The number of nitrogens with two attached hydrogens (primary N) is 1. The molecule has 3 unspecified atom stereocenters. The molecule has 3 aliphatic rings. The van der Waals surface area contributed by atoms with Gasteiger partial charge in [-0.15, -0.1) is 0 Å². The largest absolute Gasteiger partial charge is 0.490 e. The van der Waals surface area contributed by atoms with Crippen molar-refractivity contribution in [3.05, 3.63) is 48.0 Å². The average molecular weight is 369 g/mol. The van der Waals surface area contributed by atoms with Crippen LogP contribution in [-0.2, 0) is 5.54 Å². The van der Waals surface area contributed by atoms with Gasteiger partial charge in [0, 0.05) is 29.0 Å². The van der Waals surface area contributed by atoms with Crippen molar-refractivity contribution < 1.29 is 9.13 Å². The van der Waals surface area contributed by atoms with E-state index in [9.17, 15) is 4.39 Å². The fourth-order valence-electron chi connectivity index (χ4n) is 4.66. The van der Waals surface area contributed by atoms with E-state index in [-0.39, 0.29) is 11.6 Å². The van der Waals surface area contributed by atoms with Crippen LogP contribution in [0.5, 0.6) is 5.75 Å². The highest BCUT2D eigenvalue weighted by atomic mass is 32.2. The molecule has 1 spiro atoms. The molecule has 6 heteroatoms. The zero-order valence-electron chi connectivity index (χ0n) is 14.3. The molecule has 5 rings (SSSR count). The average Bonchev–Trinajstić information content (AvgIpc) is 3.05. The number of halogens is 1. The first-order valence-electron chi connectivity index (χ1n) is 9.07. The molecule has 26 heavy (non-hydrogen) atoms. The molecule has 1 saturated carbocycles. The third-order valence-corrected chi connectivity index (χ3v) is 6.83. The van der Waals surface area contributed by atoms with Crippen molar-refractivity contribution >= 4 is 16.9 Å². The summed E-state index contributed by atoms with van der Waals surface area (Å²) in [4.78, 5) is 8.72. The number of benzene rings is 1. The number of thioether (sulfide) groups is 1. The molecule has 0 saturated heterocycles. The Labute approximate surface area is 156 Å². The molecular formula is C20H20FN3OS. The van der Waals surface area contributed by atoms with Crippen molar-refractivity contribution in [2.75, 3.05) is 5.75 Å². The van der Waals surface area contributed by atoms with Crippen molar-refractivity contribution in [2.24, 2.45) is 16.6 Å². The Kier molecular flexibility index (Phi) is 3.71. The normalized spacial score (nSPS) is 29.7. The van der Waals surface area contributed by atoms with E-state index in [1.165, 1.54) is 19.0 Å². The van der Waals surface area contributed by atoms with Crippen LogP contribution in [0.25, 0.3) is 11.1 Å². The first-order chi connectivity index (χ1) is 12.7. The van der Waals surface area contributed by atoms with Crippen molar-refractivity contribution in [1.29, 1.82) is 0 Å². The van der Waals surface area contributed by atoms with Crippen LogP contribution < -0.4 is 10.5 Å². The van der Waals surface area contributed by atoms with E-state index in [0.717, 1.165) is 35.5 Å². The van der Waals surface area contributed by atoms with Gasteiger partial charge in [0.1, 0.15) is 17.4 Å². The van der Waals surface area contributed by atoms with E-state index >= 15 is 0 Å². The molecule has 0 radical (unpaired) electrons. The van der Waals surface area contributed by atoms with Crippen LogP contribution in [0.15, 0.2) is 41.5 Å². The summed E-state index contributed by atoms with van der Waals surface area (Å²) in [6.07, 6.45) is 6.19. The second-order valence-electron chi connectivity index (χ2n) is 7.26. The summed E-state index contributed by atoms with van der Waals surface area (Å²) < 4.78 is 20.6. The highest BCUT2D eigenvalue weighted by Gasteiger charge is 2.53. The van der Waals surface area contributed by atoms with Crippen LogP contribution >= 0.6 is 11.8 Å². The standard InChI is InChI=1S/C20H20FN3OS/c21-18-13(4-3-9-23-18)12-7-8-17-15(10-12)20(11-26-19(22)24-20)14-5-1-2-6-16(14)25-17/h3-4,7-10,14,16H,1-2,5-6,11H2,(H2,22,24). The summed E-state index contributed by atoms with van der Waals surface area (Å²) in [7, 11) is 0. The van der Waals surface area contributed by atoms with Gasteiger partial charge in [0.25, 0.3) is 0 Å². The lowest BCUT2D eigenvalue weighted by molar-refractivity contribution is 0.0268. The zero-order valence-corrected chi connectivity index (χ0v) is 15.1. The zero-order chi connectivity index (χ0) is 17.7. The summed E-state index contributed by atoms with van der Waals surface area (Å²) in [5.74, 6) is 1.55. The first kappa shape index (κ1) is 16.1. The van der Waals surface area contributed by atoms with Gasteiger partial charge in [-0.25, -0.2) is 9.98 Å². The van der Waals surface area contributed by atoms with Gasteiger partial charge in [-0.1, -0.05) is 24.2 Å². The smallest absolute Gasteiger partial charge is 0.220 e. The molecule has 0 amide bonds. The minimum atomic E-state index is -0.461. The third kappa shape index (κ3) is 2.35. The predicted octanol–water partition coefficient (Wildman–Crippen LogP) is 4.10. The molecular weight excluding hydrogens is 349 g/mol. The Morgan fingerprint density at radius 3 is 2.92 bits per heavy atom. The van der Waals surface area contributed by atoms with Gasteiger partial charge in [0.15, 0.2) is 5.17 Å². The van der Waals surface area contributed by atoms with E-state index in [1.54, 1.807) is 23.9 Å². The number of fused-ring (bicyclic) bond motifs is 4. The highest BCUT2D eigenvalue weighted by Crippen LogP contribution is 2.54. The Bertz CT molecular complexity index is 902. The minimum absolute atomic E-state index is 0.187. The maximum absolute atomic E-state index is 14.2. The Morgan fingerprint density at radius 2 is 2.12 bits per heavy atom. The van der Waals surface area contributed by atoms with Gasteiger partial charge < -0.3 is 10.5 Å². The molecule has 1 aromatic heterocycles. The second kappa shape index (κ2) is 5.98. The van der Waals surface area contributed by atoms with E-state index in [4.69, 9.17) is 15.5 Å². The van der Waals surface area contributed by atoms with Crippen LogP contribution in [0.3, 0.4) is 0 Å². The number of pyridine rings is 1. The van der Waals surface area contributed by atoms with Gasteiger partial charge in [-0.2, -0.15) is 4.39 Å². The second-order valence-corrected chi connectivity index (χ2v) is 8.26. The van der Waals surface area contributed by atoms with E-state index < -0.39 is 5.95 Å². The summed E-state index contributed by atoms with van der Waals surface area (Å²) in [6.45, 7) is 0. The van der Waals surface area contributed by atoms with E-state index in [1.807, 2.05) is 18.2 Å². The lowest BCUT2D eigenvalue weighted by Gasteiger charge is -2.47. The van der Waals surface area contributed by atoms with Crippen molar-refractivity contribution in [3.8, 4) is 16.9 Å². The Hall–Kier alpha value is -2.08. The van der Waals surface area contributed by atoms with Gasteiger partial charge in [0.2, 0.25) is 5.95 Å². The lowest BCUT2D eigenvalue weighted by Crippen LogP contribution is -2.49. The predicted molar refractivity (Wildman–Crippen MR) is 102 cm³/mol. The number of rotatable bonds is 1. The lowest BCUT2D eigenvalue weighted by atomic mass is 9.68. The highest BCUT2D eigenvalue weighted by molar-refractivity contribution is 8.14. The maximum Gasteiger partial charge on any atom is 0.220 e. The summed E-state index contributed by atoms with van der Waals surface area (Å²) in [5, 5.41) is 0.639. The van der Waals surface area contributed by atoms with Crippen molar-refractivity contribution in [3.63, 3.8) is 0 Å². The summed E-state index contributed by atoms with van der Waals surface area (Å²) in [5.41, 5.74) is 8.07. The SMILES string of the molecule is NC1=NC2(CS1)c1cc(-c3cccnc3F)ccc1OC1CCCCC12. The van der Waals surface area contributed by atoms with E-state index in [0.29, 0.717) is 16.6 Å². The van der Waals surface area contributed by atoms with Gasteiger partial charge in [-0.05, 0) is 49.1 Å². The number of aromatic nitrogens is 1. The number of nitrogens with zero attached hydrogens (tertiary/aromatic N) is 2. The molecule has 1 fully saturated rings. The van der Waals surface area contributed by atoms with E-state index in [2.05, 4.69) is 4.98 Å². The molecule has 2 N–H and O–H groups in total. The number of hydrogen-bond donors (Lipinski definition) is 1. The van der Waals surface area contributed by atoms with Crippen molar-refractivity contribution in [2.45, 2.75) is 37.3 Å². The van der Waals surface area contributed by atoms with Gasteiger partial charge >= 0.3 is 0 Å². The molecule has 4 nitrogen and oxygen atoms in total. The summed E-state index contributed by atoms with van der Waals surface area (Å²) >= 11 is 1.61. The first-order valence-corrected chi connectivity index (χ1v) is 10.1. The molecule has 2 aromatic rings. The van der Waals surface area contributed by atoms with Crippen LogP contribution in [0.1, 0.15) is 31.2 Å². The van der Waals surface area contributed by atoms with Gasteiger partial charge in [-0.3, -0.25) is 0 Å². The number of hydrogen-bond acceptors (Lipinski definition) is 5. The molecule has 3 atom stereocenters. The summed E-state index contributed by atoms with van der Waals surface area (Å²) in [6, 6.07) is 9.40. The van der Waals surface area contributed by atoms with Crippen LogP contribution in [0.2, 0.25) is 0 Å². The minimum Gasteiger partial charge on any atom is -0.490 e. The number of aliphatic imine (C=N–C) groups is 1. The maximum atomic E-state index is 14.2. The van der Waals surface area contributed by atoms with Crippen LogP contribution in [-0.4, -0.2) is 22.0 Å². The third-order valence-electron chi connectivity index (χ3n) is 5.86. The van der Waals surface area contributed by atoms with Crippen LogP contribution in [0.4, 0.5) is 4.39 Å². The topological polar surface area (TPSA) is 60.5 Å². The van der Waals surface area contributed by atoms with Crippen molar-refractivity contribution in [1.82, 2.24) is 4.98 Å². The molecule has 1 aliphatic carbocycles. The Morgan fingerprint density at radius 1 is 1.23 bits per heavy atom. The number of ether oxygens (including phenoxy) is 1. The molecule has 2 aliphatic heterocycles. The quantitative estimate of drug-likeness (QED) is 0.769. The van der Waals surface area contributed by atoms with Crippen LogP contribution in [0, 0.1) is 11.9 Å².